The Morgan fingerprint density at radius 1 is 1.00 bits per heavy atom. The zero-order chi connectivity index (χ0) is 9.03. The van der Waals surface area contributed by atoms with E-state index < -0.39 is 0 Å². The van der Waals surface area contributed by atoms with Crippen LogP contribution in [0, 0.1) is 0 Å². The van der Waals surface area contributed by atoms with Crippen molar-refractivity contribution in [2.75, 3.05) is 21.1 Å². The van der Waals surface area contributed by atoms with Crippen LogP contribution < -0.4 is 24.0 Å². The summed E-state index contributed by atoms with van der Waals surface area (Å²) in [6.07, 6.45) is 11.4. The molecule has 0 saturated heterocycles. The van der Waals surface area contributed by atoms with Crippen LogP contribution >= 0.6 is 0 Å². The van der Waals surface area contributed by atoms with Gasteiger partial charge >= 0.3 is 0 Å². The number of hydrogen-bond donors (Lipinski definition) is 0. The van der Waals surface area contributed by atoms with Crippen LogP contribution in [-0.2, 0) is 0 Å². The second kappa shape index (κ2) is 6.02. The molecule has 0 aromatic rings. The highest BCUT2D eigenvalue weighted by molar-refractivity contribution is 4.85. The lowest BCUT2D eigenvalue weighted by atomic mass is 9.99. The van der Waals surface area contributed by atoms with Gasteiger partial charge in [-0.2, -0.15) is 0 Å². The van der Waals surface area contributed by atoms with Gasteiger partial charge in [0.1, 0.15) is 0 Å². The summed E-state index contributed by atoms with van der Waals surface area (Å²) in [5.41, 5.74) is 0. The van der Waals surface area contributed by atoms with Gasteiger partial charge in [-0.25, -0.2) is 0 Å². The van der Waals surface area contributed by atoms with E-state index in [1.807, 2.05) is 0 Å². The van der Waals surface area contributed by atoms with Crippen LogP contribution in [0.1, 0.15) is 32.1 Å². The first kappa shape index (κ1) is 13.4. The first-order chi connectivity index (χ1) is 5.61. The fourth-order valence-electron chi connectivity index (χ4n) is 1.91. The molecule has 0 bridgehead atoms. The van der Waals surface area contributed by atoms with Gasteiger partial charge in [-0.05, 0) is 25.7 Å². The molecule has 0 radical (unpaired) electrons. The van der Waals surface area contributed by atoms with Crippen molar-refractivity contribution in [3.63, 3.8) is 0 Å². The summed E-state index contributed by atoms with van der Waals surface area (Å²) in [6.45, 7) is 0. The maximum absolute atomic E-state index is 2.35. The zero-order valence-corrected chi connectivity index (χ0v) is 11.3. The van der Waals surface area contributed by atoms with Crippen LogP contribution in [0.25, 0.3) is 0 Å². The molecule has 0 saturated carbocycles. The molecule has 0 N–H and O–H groups in total. The molecule has 0 heterocycles. The van der Waals surface area contributed by atoms with E-state index in [1.165, 1.54) is 32.1 Å². The molecular formula is C11H22IN. The molecule has 0 amide bonds. The summed E-state index contributed by atoms with van der Waals surface area (Å²) in [4.78, 5) is 0. The van der Waals surface area contributed by atoms with Crippen LogP contribution in [0.5, 0.6) is 0 Å². The Kier molecular flexibility index (Phi) is 6.21. The molecule has 0 aromatic carbocycles. The van der Waals surface area contributed by atoms with E-state index in [0.717, 1.165) is 10.5 Å². The van der Waals surface area contributed by atoms with E-state index in [1.54, 1.807) is 0 Å². The first-order valence-corrected chi connectivity index (χ1v) is 5.07. The lowest BCUT2D eigenvalue weighted by Crippen LogP contribution is -3.00. The molecule has 1 atom stereocenters. The lowest BCUT2D eigenvalue weighted by Gasteiger charge is -2.34. The van der Waals surface area contributed by atoms with Crippen molar-refractivity contribution in [1.82, 2.24) is 0 Å². The third-order valence-electron chi connectivity index (χ3n) is 2.84. The van der Waals surface area contributed by atoms with Gasteiger partial charge in [0.25, 0.3) is 0 Å². The standard InChI is InChI=1S/C11H22N.HI/c1-12(2,3)11-9-7-5-4-6-8-10-11;/h4-5,11H,6-10H2,1-3H3;1H/q+1;/p-1. The molecule has 0 aromatic heterocycles. The van der Waals surface area contributed by atoms with E-state index in [0.29, 0.717) is 0 Å². The summed E-state index contributed by atoms with van der Waals surface area (Å²) in [7, 11) is 6.95. The van der Waals surface area contributed by atoms with Gasteiger partial charge in [0.15, 0.2) is 0 Å². The van der Waals surface area contributed by atoms with Gasteiger partial charge in [-0.15, -0.1) is 0 Å². The van der Waals surface area contributed by atoms with Gasteiger partial charge in [0.2, 0.25) is 0 Å². The van der Waals surface area contributed by atoms with E-state index in [2.05, 4.69) is 33.3 Å². The number of nitrogens with zero attached hydrogens (tertiary/aromatic N) is 1. The quantitative estimate of drug-likeness (QED) is 0.350. The summed E-state index contributed by atoms with van der Waals surface area (Å²) >= 11 is 0. The summed E-state index contributed by atoms with van der Waals surface area (Å²) in [6, 6.07) is 0.870. The lowest BCUT2D eigenvalue weighted by molar-refractivity contribution is -0.896. The fraction of sp³-hybridized carbons (Fsp3) is 0.818. The van der Waals surface area contributed by atoms with Crippen LogP contribution in [0.4, 0.5) is 0 Å². The van der Waals surface area contributed by atoms with Crippen molar-refractivity contribution in [2.24, 2.45) is 0 Å². The van der Waals surface area contributed by atoms with E-state index in [9.17, 15) is 0 Å². The minimum Gasteiger partial charge on any atom is -1.00 e. The summed E-state index contributed by atoms with van der Waals surface area (Å²) in [5, 5.41) is 0. The third kappa shape index (κ3) is 5.01. The fourth-order valence-corrected chi connectivity index (χ4v) is 1.91. The summed E-state index contributed by atoms with van der Waals surface area (Å²) in [5.74, 6) is 0. The maximum atomic E-state index is 2.35. The Morgan fingerprint density at radius 3 is 2.23 bits per heavy atom. The van der Waals surface area contributed by atoms with Crippen molar-refractivity contribution in [3.8, 4) is 0 Å². The van der Waals surface area contributed by atoms with Crippen molar-refractivity contribution in [2.45, 2.75) is 38.1 Å². The summed E-state index contributed by atoms with van der Waals surface area (Å²) < 4.78 is 1.13. The first-order valence-electron chi connectivity index (χ1n) is 5.07. The van der Waals surface area contributed by atoms with Gasteiger partial charge in [0.05, 0.1) is 27.2 Å². The number of allylic oxidation sites excluding steroid dienone is 2. The van der Waals surface area contributed by atoms with Crippen molar-refractivity contribution >= 4 is 0 Å². The minimum absolute atomic E-state index is 0. The number of quaternary nitrogens is 1. The minimum atomic E-state index is 0. The molecule has 1 unspecified atom stereocenters. The topological polar surface area (TPSA) is 0 Å². The highest BCUT2D eigenvalue weighted by Gasteiger charge is 2.22. The molecule has 0 fully saturated rings. The Balaban J connectivity index is 0.00000144. The second-order valence-electron chi connectivity index (χ2n) is 4.75. The zero-order valence-electron chi connectivity index (χ0n) is 9.09. The second-order valence-corrected chi connectivity index (χ2v) is 4.75. The molecule has 78 valence electrons. The normalized spacial score (nSPS) is 24.4. The smallest absolute Gasteiger partial charge is 0.0887 e. The Hall–Kier alpha value is 0.430. The van der Waals surface area contributed by atoms with Crippen molar-refractivity contribution < 1.29 is 28.5 Å². The molecule has 2 heteroatoms. The van der Waals surface area contributed by atoms with E-state index >= 15 is 0 Å². The predicted octanol–water partition coefficient (Wildman–Crippen LogP) is -0.414. The molecule has 1 aliphatic carbocycles. The highest BCUT2D eigenvalue weighted by Crippen LogP contribution is 2.19. The van der Waals surface area contributed by atoms with Gasteiger partial charge in [0, 0.05) is 6.42 Å². The van der Waals surface area contributed by atoms with Gasteiger partial charge in [-0.3, -0.25) is 0 Å². The molecule has 1 aliphatic rings. The molecule has 1 rings (SSSR count). The van der Waals surface area contributed by atoms with Gasteiger partial charge < -0.3 is 28.5 Å². The van der Waals surface area contributed by atoms with E-state index in [-0.39, 0.29) is 24.0 Å². The average molecular weight is 295 g/mol. The average Bonchev–Trinajstić information content (AvgIpc) is 1.81. The predicted molar refractivity (Wildman–Crippen MR) is 54.0 cm³/mol. The van der Waals surface area contributed by atoms with Gasteiger partial charge in [-0.1, -0.05) is 12.2 Å². The highest BCUT2D eigenvalue weighted by atomic mass is 127. The molecule has 0 spiro atoms. The number of rotatable bonds is 1. The molecule has 1 nitrogen and oxygen atoms in total. The maximum Gasteiger partial charge on any atom is 0.0887 e. The van der Waals surface area contributed by atoms with Crippen LogP contribution in [0.2, 0.25) is 0 Å². The van der Waals surface area contributed by atoms with Crippen LogP contribution in [-0.4, -0.2) is 31.7 Å². The van der Waals surface area contributed by atoms with E-state index in [4.69, 9.17) is 0 Å². The van der Waals surface area contributed by atoms with Crippen LogP contribution in [0.15, 0.2) is 12.2 Å². The van der Waals surface area contributed by atoms with Crippen molar-refractivity contribution in [3.05, 3.63) is 12.2 Å². The largest absolute Gasteiger partial charge is 1.00 e. The Morgan fingerprint density at radius 2 is 1.62 bits per heavy atom. The van der Waals surface area contributed by atoms with Crippen molar-refractivity contribution in [1.29, 1.82) is 0 Å². The molecule has 0 aliphatic heterocycles. The SMILES string of the molecule is C[N+](C)(C)C1CCC=CCCC1.[I-]. The number of halogens is 1. The Bertz CT molecular complexity index is 158. The third-order valence-corrected chi connectivity index (χ3v) is 2.84. The number of hydrogen-bond acceptors (Lipinski definition) is 0. The molecule has 13 heavy (non-hydrogen) atoms. The monoisotopic (exact) mass is 295 g/mol. The van der Waals surface area contributed by atoms with Crippen LogP contribution in [0.3, 0.4) is 0 Å². The Labute approximate surface area is 99.8 Å². The molecular weight excluding hydrogens is 273 g/mol.